The summed E-state index contributed by atoms with van der Waals surface area (Å²) in [6.07, 6.45) is 0. The lowest BCUT2D eigenvalue weighted by atomic mass is 10.1. The fourth-order valence-electron chi connectivity index (χ4n) is 3.19. The van der Waals surface area contributed by atoms with Crippen molar-refractivity contribution in [1.82, 2.24) is 0 Å². The Balaban J connectivity index is 1.54. The molecule has 0 heterocycles. The van der Waals surface area contributed by atoms with Crippen molar-refractivity contribution in [2.24, 2.45) is 0 Å². The molecular weight excluding hydrogens is 452 g/mol. The molecule has 0 saturated carbocycles. The molecular formula is C26H22N2O3S2. The molecule has 0 radical (unpaired) electrons. The summed E-state index contributed by atoms with van der Waals surface area (Å²) in [4.78, 5) is 14.4. The summed E-state index contributed by atoms with van der Waals surface area (Å²) in [5.41, 5.74) is 2.24. The molecule has 4 aromatic carbocycles. The van der Waals surface area contributed by atoms with Crippen LogP contribution in [0.2, 0.25) is 0 Å². The Morgan fingerprint density at radius 2 is 1.39 bits per heavy atom. The van der Waals surface area contributed by atoms with E-state index in [2.05, 4.69) is 10.0 Å². The maximum Gasteiger partial charge on any atom is 0.261 e. The number of aryl methyl sites for hydroxylation is 1. The van der Waals surface area contributed by atoms with Crippen molar-refractivity contribution in [3.63, 3.8) is 0 Å². The molecule has 0 bridgehead atoms. The van der Waals surface area contributed by atoms with Crippen molar-refractivity contribution in [2.45, 2.75) is 21.6 Å². The summed E-state index contributed by atoms with van der Waals surface area (Å²) >= 11 is 1.49. The molecule has 0 aromatic heterocycles. The maximum atomic E-state index is 13.1. The van der Waals surface area contributed by atoms with E-state index in [-0.39, 0.29) is 10.8 Å². The molecule has 0 aliphatic rings. The molecule has 0 atom stereocenters. The smallest absolute Gasteiger partial charge is 0.261 e. The largest absolute Gasteiger partial charge is 0.322 e. The van der Waals surface area contributed by atoms with E-state index in [0.29, 0.717) is 22.5 Å². The second-order valence-corrected chi connectivity index (χ2v) is 10.1. The molecule has 166 valence electrons. The van der Waals surface area contributed by atoms with Crippen LogP contribution < -0.4 is 10.0 Å². The van der Waals surface area contributed by atoms with E-state index in [1.165, 1.54) is 17.8 Å². The number of carbonyl (C=O) groups excluding carboxylic acids is 1. The molecule has 7 heteroatoms. The Kier molecular flexibility index (Phi) is 6.82. The van der Waals surface area contributed by atoms with Gasteiger partial charge in [-0.25, -0.2) is 8.42 Å². The third kappa shape index (κ3) is 5.63. The predicted molar refractivity (Wildman–Crippen MR) is 133 cm³/mol. The van der Waals surface area contributed by atoms with Gasteiger partial charge in [-0.3, -0.25) is 9.52 Å². The lowest BCUT2D eigenvalue weighted by Crippen LogP contribution is -2.15. The predicted octanol–water partition coefficient (Wildman–Crippen LogP) is 6.20. The van der Waals surface area contributed by atoms with Gasteiger partial charge in [-0.05, 0) is 67.1 Å². The van der Waals surface area contributed by atoms with Gasteiger partial charge in [-0.15, -0.1) is 0 Å². The van der Waals surface area contributed by atoms with E-state index in [1.807, 2.05) is 48.5 Å². The van der Waals surface area contributed by atoms with Crippen LogP contribution in [0.1, 0.15) is 15.9 Å². The van der Waals surface area contributed by atoms with Crippen LogP contribution in [-0.4, -0.2) is 14.3 Å². The van der Waals surface area contributed by atoms with Gasteiger partial charge in [0.25, 0.3) is 15.9 Å². The van der Waals surface area contributed by atoms with Gasteiger partial charge in [0.1, 0.15) is 0 Å². The maximum absolute atomic E-state index is 13.1. The van der Waals surface area contributed by atoms with E-state index in [9.17, 15) is 13.2 Å². The van der Waals surface area contributed by atoms with Crippen LogP contribution >= 0.6 is 11.8 Å². The number of hydrogen-bond donors (Lipinski definition) is 2. The van der Waals surface area contributed by atoms with E-state index >= 15 is 0 Å². The van der Waals surface area contributed by atoms with Crippen LogP contribution in [0.15, 0.2) is 118 Å². The third-order valence-corrected chi connectivity index (χ3v) is 7.34. The van der Waals surface area contributed by atoms with Gasteiger partial charge in [0, 0.05) is 21.0 Å². The molecule has 0 saturated heterocycles. The van der Waals surface area contributed by atoms with Crippen molar-refractivity contribution in [1.29, 1.82) is 0 Å². The van der Waals surface area contributed by atoms with E-state index in [1.54, 1.807) is 55.5 Å². The Labute approximate surface area is 197 Å². The van der Waals surface area contributed by atoms with E-state index in [4.69, 9.17) is 0 Å². The van der Waals surface area contributed by atoms with Crippen LogP contribution in [0.3, 0.4) is 0 Å². The van der Waals surface area contributed by atoms with Crippen molar-refractivity contribution in [3.8, 4) is 0 Å². The van der Waals surface area contributed by atoms with Crippen LogP contribution in [0.4, 0.5) is 11.4 Å². The average molecular weight is 475 g/mol. The summed E-state index contributed by atoms with van der Waals surface area (Å²) < 4.78 is 28.9. The second-order valence-electron chi connectivity index (χ2n) is 7.31. The monoisotopic (exact) mass is 474 g/mol. The summed E-state index contributed by atoms with van der Waals surface area (Å²) in [6, 6.07) is 30.6. The van der Waals surface area contributed by atoms with Gasteiger partial charge in [0.2, 0.25) is 0 Å². The number of sulfonamides is 1. The number of hydrogen-bond acceptors (Lipinski definition) is 4. The van der Waals surface area contributed by atoms with Gasteiger partial charge >= 0.3 is 0 Å². The Bertz CT molecular complexity index is 1370. The molecule has 0 fully saturated rings. The molecule has 4 rings (SSSR count). The second kappa shape index (κ2) is 9.94. The topological polar surface area (TPSA) is 75.3 Å². The molecule has 0 aliphatic heterocycles. The molecule has 5 nitrogen and oxygen atoms in total. The Hall–Kier alpha value is -3.55. The summed E-state index contributed by atoms with van der Waals surface area (Å²) in [5.74, 6) is -0.251. The molecule has 33 heavy (non-hydrogen) atoms. The SMILES string of the molecule is Cc1cc(S(=O)(=O)Nc2ccccc2Sc2ccccc2)ccc1NC(=O)c1ccccc1. The standard InChI is InChI=1S/C26H22N2O3S2/c1-19-18-22(16-17-23(19)27-26(29)20-10-4-2-5-11-20)33(30,31)28-24-14-8-9-15-25(24)32-21-12-6-3-7-13-21/h2-18,28H,1H3,(H,27,29). The minimum Gasteiger partial charge on any atom is -0.322 e. The van der Waals surface area contributed by atoms with Crippen LogP contribution in [0.5, 0.6) is 0 Å². The summed E-state index contributed by atoms with van der Waals surface area (Å²) in [7, 11) is -3.82. The number of amides is 1. The first-order valence-corrected chi connectivity index (χ1v) is 12.5. The number of benzene rings is 4. The van der Waals surface area contributed by atoms with Crippen LogP contribution in [-0.2, 0) is 10.0 Å². The number of rotatable bonds is 7. The molecule has 0 aliphatic carbocycles. The van der Waals surface area contributed by atoms with Gasteiger partial charge in [-0.1, -0.05) is 60.3 Å². The Morgan fingerprint density at radius 1 is 0.758 bits per heavy atom. The quantitative estimate of drug-likeness (QED) is 0.334. The number of carbonyl (C=O) groups is 1. The van der Waals surface area contributed by atoms with Gasteiger partial charge < -0.3 is 5.32 Å². The summed E-state index contributed by atoms with van der Waals surface area (Å²) in [5, 5.41) is 2.83. The zero-order chi connectivity index (χ0) is 23.3. The van der Waals surface area contributed by atoms with Crippen LogP contribution in [0, 0.1) is 6.92 Å². The lowest BCUT2D eigenvalue weighted by molar-refractivity contribution is 0.102. The third-order valence-electron chi connectivity index (χ3n) is 4.89. The normalized spacial score (nSPS) is 11.1. The van der Waals surface area contributed by atoms with Crippen molar-refractivity contribution in [2.75, 3.05) is 10.0 Å². The van der Waals surface area contributed by atoms with E-state index in [0.717, 1.165) is 9.79 Å². The van der Waals surface area contributed by atoms with Crippen molar-refractivity contribution in [3.05, 3.63) is 114 Å². The number of anilines is 2. The fourth-order valence-corrected chi connectivity index (χ4v) is 5.34. The van der Waals surface area contributed by atoms with Gasteiger partial charge in [0.05, 0.1) is 10.6 Å². The zero-order valence-electron chi connectivity index (χ0n) is 17.9. The average Bonchev–Trinajstić information content (AvgIpc) is 2.82. The molecule has 0 spiro atoms. The lowest BCUT2D eigenvalue weighted by Gasteiger charge is -2.14. The Morgan fingerprint density at radius 3 is 2.09 bits per heavy atom. The van der Waals surface area contributed by atoms with Crippen molar-refractivity contribution >= 4 is 39.1 Å². The number of nitrogens with one attached hydrogen (secondary N) is 2. The minimum atomic E-state index is -3.82. The molecule has 4 aromatic rings. The highest BCUT2D eigenvalue weighted by Crippen LogP contribution is 2.34. The number of para-hydroxylation sites is 1. The molecule has 1 amide bonds. The first-order chi connectivity index (χ1) is 15.9. The highest BCUT2D eigenvalue weighted by atomic mass is 32.2. The first kappa shape index (κ1) is 22.6. The van der Waals surface area contributed by atoms with Crippen molar-refractivity contribution < 1.29 is 13.2 Å². The highest BCUT2D eigenvalue weighted by molar-refractivity contribution is 7.99. The summed E-state index contributed by atoms with van der Waals surface area (Å²) in [6.45, 7) is 1.76. The zero-order valence-corrected chi connectivity index (χ0v) is 19.5. The minimum absolute atomic E-state index is 0.122. The van der Waals surface area contributed by atoms with Gasteiger partial charge in [0.15, 0.2) is 0 Å². The highest BCUT2D eigenvalue weighted by Gasteiger charge is 2.18. The van der Waals surface area contributed by atoms with E-state index < -0.39 is 10.0 Å². The van der Waals surface area contributed by atoms with Gasteiger partial charge in [-0.2, -0.15) is 0 Å². The molecule has 2 N–H and O–H groups in total. The van der Waals surface area contributed by atoms with Crippen LogP contribution in [0.25, 0.3) is 0 Å². The molecule has 0 unspecified atom stereocenters. The first-order valence-electron chi connectivity index (χ1n) is 10.2. The fraction of sp³-hybridized carbons (Fsp3) is 0.0385.